The first-order valence-electron chi connectivity index (χ1n) is 5.37. The van der Waals surface area contributed by atoms with Gasteiger partial charge >= 0.3 is 18.9 Å². The molecule has 0 unspecified atom stereocenters. The molecule has 1 aromatic rings. The third-order valence-corrected chi connectivity index (χ3v) is 5.46. The van der Waals surface area contributed by atoms with Crippen LogP contribution in [0.15, 0.2) is 27.1 Å². The molecule has 1 nitrogen and oxygen atoms in total. The minimum Gasteiger partial charge on any atom is -0.456 e. The molecule has 5 heteroatoms. The SMILES string of the molecule is O=C([P-]C1CCCC1)c1c(Br)cccc1Br.[Li+]. The Hall–Kier alpha value is 0.877. The van der Waals surface area contributed by atoms with Crippen molar-refractivity contribution in [1.82, 2.24) is 0 Å². The van der Waals surface area contributed by atoms with Crippen molar-refractivity contribution >= 4 is 46.0 Å². The fourth-order valence-corrected chi connectivity index (χ4v) is 4.96. The predicted octanol–water partition coefficient (Wildman–Crippen LogP) is 2.24. The van der Waals surface area contributed by atoms with E-state index in [0.29, 0.717) is 5.66 Å². The molecule has 0 spiro atoms. The maximum Gasteiger partial charge on any atom is 1.00 e. The Morgan fingerprint density at radius 2 is 1.71 bits per heavy atom. The fraction of sp³-hybridized carbons (Fsp3) is 0.417. The van der Waals surface area contributed by atoms with Gasteiger partial charge in [0.2, 0.25) is 0 Å². The Morgan fingerprint density at radius 3 is 2.24 bits per heavy atom. The van der Waals surface area contributed by atoms with Gasteiger partial charge in [0.25, 0.3) is 0 Å². The molecule has 1 saturated carbocycles. The molecular formula is C12H12Br2LiOP. The number of halogens is 2. The molecule has 1 aliphatic carbocycles. The van der Waals surface area contributed by atoms with Crippen LogP contribution in [0, 0.1) is 0 Å². The van der Waals surface area contributed by atoms with Gasteiger partial charge in [-0.2, -0.15) is 5.66 Å². The van der Waals surface area contributed by atoms with Crippen LogP contribution in [-0.2, 0) is 0 Å². The van der Waals surface area contributed by atoms with Crippen LogP contribution in [0.5, 0.6) is 0 Å². The van der Waals surface area contributed by atoms with Crippen molar-refractivity contribution < 1.29 is 23.7 Å². The van der Waals surface area contributed by atoms with Crippen molar-refractivity contribution in [2.75, 3.05) is 0 Å². The quantitative estimate of drug-likeness (QED) is 0.590. The summed E-state index contributed by atoms with van der Waals surface area (Å²) in [7, 11) is 0.960. The third-order valence-electron chi connectivity index (χ3n) is 2.80. The number of hydrogen-bond donors (Lipinski definition) is 0. The van der Waals surface area contributed by atoms with Crippen molar-refractivity contribution in [3.8, 4) is 0 Å². The van der Waals surface area contributed by atoms with Crippen molar-refractivity contribution in [2.24, 2.45) is 0 Å². The van der Waals surface area contributed by atoms with E-state index in [9.17, 15) is 4.79 Å². The number of carbonyl (C=O) groups is 1. The minimum atomic E-state index is 0. The van der Waals surface area contributed by atoms with Gasteiger partial charge in [-0.3, -0.25) is 0 Å². The van der Waals surface area contributed by atoms with Crippen molar-refractivity contribution in [3.63, 3.8) is 0 Å². The van der Waals surface area contributed by atoms with Gasteiger partial charge in [0.1, 0.15) is 0 Å². The zero-order chi connectivity index (χ0) is 11.5. The average Bonchev–Trinajstić information content (AvgIpc) is 2.70. The molecule has 0 radical (unpaired) electrons. The number of rotatable bonds is 3. The minimum absolute atomic E-state index is 0. The van der Waals surface area contributed by atoms with Crippen molar-refractivity contribution in [2.45, 2.75) is 31.3 Å². The molecule has 0 bridgehead atoms. The summed E-state index contributed by atoms with van der Waals surface area (Å²) >= 11 is 6.88. The normalized spacial score (nSPS) is 16.4. The zero-order valence-corrected chi connectivity index (χ0v) is 13.8. The second kappa shape index (κ2) is 7.46. The van der Waals surface area contributed by atoms with Gasteiger partial charge in [0.05, 0.1) is 0 Å². The summed E-state index contributed by atoms with van der Waals surface area (Å²) in [5, 5.41) is 0. The van der Waals surface area contributed by atoms with Crippen LogP contribution in [-0.4, -0.2) is 11.2 Å². The predicted molar refractivity (Wildman–Crippen MR) is 75.3 cm³/mol. The van der Waals surface area contributed by atoms with Gasteiger partial charge in [-0.15, -0.1) is 0 Å². The number of benzene rings is 1. The molecule has 1 aromatic carbocycles. The van der Waals surface area contributed by atoms with E-state index in [1.165, 1.54) is 25.7 Å². The van der Waals surface area contributed by atoms with E-state index in [2.05, 4.69) is 31.9 Å². The molecule has 0 aromatic heterocycles. The molecule has 0 amide bonds. The fourth-order valence-electron chi connectivity index (χ4n) is 1.97. The summed E-state index contributed by atoms with van der Waals surface area (Å²) in [6.45, 7) is 0. The molecule has 0 saturated heterocycles. The summed E-state index contributed by atoms with van der Waals surface area (Å²) in [5.41, 5.74) is 1.59. The summed E-state index contributed by atoms with van der Waals surface area (Å²) in [6.07, 6.45) is 4.97. The van der Waals surface area contributed by atoms with E-state index in [0.717, 1.165) is 23.1 Å². The van der Waals surface area contributed by atoms with Crippen LogP contribution in [0.25, 0.3) is 0 Å². The maximum atomic E-state index is 12.2. The van der Waals surface area contributed by atoms with Crippen LogP contribution in [0.4, 0.5) is 0 Å². The molecule has 0 aliphatic heterocycles. The Labute approximate surface area is 133 Å². The van der Waals surface area contributed by atoms with Crippen LogP contribution in [0.1, 0.15) is 36.0 Å². The molecule has 0 N–H and O–H groups in total. The summed E-state index contributed by atoms with van der Waals surface area (Å²) in [6, 6.07) is 5.77. The maximum absolute atomic E-state index is 12.2. The molecule has 1 aliphatic rings. The third kappa shape index (κ3) is 4.18. The van der Waals surface area contributed by atoms with Crippen LogP contribution >= 0.6 is 40.4 Å². The summed E-state index contributed by atoms with van der Waals surface area (Å²) in [4.78, 5) is 12.2. The van der Waals surface area contributed by atoms with Crippen LogP contribution in [0.3, 0.4) is 0 Å². The molecule has 0 atom stereocenters. The molecular weight excluding hydrogens is 358 g/mol. The first kappa shape index (κ1) is 15.9. The first-order chi connectivity index (χ1) is 7.68. The Kier molecular flexibility index (Phi) is 6.99. The molecule has 86 valence electrons. The number of hydrogen-bond acceptors (Lipinski definition) is 1. The van der Waals surface area contributed by atoms with Gasteiger partial charge in [-0.1, -0.05) is 63.6 Å². The van der Waals surface area contributed by atoms with Gasteiger partial charge in [0.15, 0.2) is 0 Å². The standard InChI is InChI=1S/C12H12Br2OP.Li/c13-9-6-3-7-10(14)11(9)12(15)16-8-4-1-2-5-8;/h3,6-8H,1-2,4-5H2;/q-1;+1. The number of carbonyl (C=O) groups excluding carboxylic acids is 1. The smallest absolute Gasteiger partial charge is 0.456 e. The average molecular weight is 370 g/mol. The van der Waals surface area contributed by atoms with Crippen LogP contribution in [0.2, 0.25) is 0 Å². The van der Waals surface area contributed by atoms with Crippen LogP contribution < -0.4 is 18.9 Å². The van der Waals surface area contributed by atoms with Gasteiger partial charge < -0.3 is 13.4 Å². The molecule has 1 fully saturated rings. The first-order valence-corrected chi connectivity index (χ1v) is 7.92. The Balaban J connectivity index is 0.00000144. The van der Waals surface area contributed by atoms with Crippen molar-refractivity contribution in [1.29, 1.82) is 0 Å². The summed E-state index contributed by atoms with van der Waals surface area (Å²) in [5.74, 6) is 0. The Bertz CT molecular complexity index is 385. The second-order valence-corrected chi connectivity index (χ2v) is 7.07. The Morgan fingerprint density at radius 1 is 1.18 bits per heavy atom. The van der Waals surface area contributed by atoms with Gasteiger partial charge in [-0.25, -0.2) is 0 Å². The van der Waals surface area contributed by atoms with E-state index in [1.807, 2.05) is 18.2 Å². The largest absolute Gasteiger partial charge is 1.00 e. The van der Waals surface area contributed by atoms with Gasteiger partial charge in [-0.05, 0) is 12.1 Å². The van der Waals surface area contributed by atoms with E-state index in [-0.39, 0.29) is 24.4 Å². The van der Waals surface area contributed by atoms with Gasteiger partial charge in [0, 0.05) is 20.0 Å². The van der Waals surface area contributed by atoms with E-state index in [4.69, 9.17) is 0 Å². The van der Waals surface area contributed by atoms with E-state index >= 15 is 0 Å². The summed E-state index contributed by atoms with van der Waals surface area (Å²) < 4.78 is 1.77. The van der Waals surface area contributed by atoms with E-state index < -0.39 is 0 Å². The van der Waals surface area contributed by atoms with E-state index in [1.54, 1.807) is 0 Å². The monoisotopic (exact) mass is 368 g/mol. The molecule has 17 heavy (non-hydrogen) atoms. The molecule has 2 rings (SSSR count). The second-order valence-electron chi connectivity index (χ2n) is 3.97. The zero-order valence-electron chi connectivity index (χ0n) is 9.75. The van der Waals surface area contributed by atoms with Crippen molar-refractivity contribution in [3.05, 3.63) is 32.7 Å². The molecule has 0 heterocycles. The topological polar surface area (TPSA) is 17.1 Å².